The van der Waals surface area contributed by atoms with E-state index in [1.54, 1.807) is 32.2 Å². The van der Waals surface area contributed by atoms with Gasteiger partial charge in [-0.3, -0.25) is 4.79 Å². The number of aromatic nitrogens is 2. The Morgan fingerprint density at radius 3 is 2.88 bits per heavy atom. The molecule has 1 aliphatic heterocycles. The Morgan fingerprint density at radius 2 is 2.12 bits per heavy atom. The van der Waals surface area contributed by atoms with Gasteiger partial charge in [-0.05, 0) is 51.0 Å². The molecule has 1 aromatic carbocycles. The zero-order valence-corrected chi connectivity index (χ0v) is 19.0. The monoisotopic (exact) mass is 452 g/mol. The van der Waals surface area contributed by atoms with E-state index in [4.69, 9.17) is 9.47 Å². The van der Waals surface area contributed by atoms with E-state index in [1.165, 1.54) is 22.5 Å². The van der Waals surface area contributed by atoms with Crippen LogP contribution in [0.5, 0.6) is 11.5 Å². The molecule has 0 bridgehead atoms. The van der Waals surface area contributed by atoms with Crippen LogP contribution >= 0.6 is 11.3 Å². The summed E-state index contributed by atoms with van der Waals surface area (Å²) in [5.74, 6) is 1.09. The van der Waals surface area contributed by atoms with Crippen LogP contribution < -0.4 is 14.2 Å². The maximum atomic E-state index is 13.3. The molecule has 166 valence electrons. The number of carbonyl (C=O) groups excluding carboxylic acids is 1. The minimum Gasteiger partial charge on any atom is -0.618 e. The summed E-state index contributed by atoms with van der Waals surface area (Å²) in [5.41, 5.74) is 2.72. The third-order valence-electron chi connectivity index (χ3n) is 5.09. The van der Waals surface area contributed by atoms with Crippen LogP contribution in [0.15, 0.2) is 47.7 Å². The van der Waals surface area contributed by atoms with E-state index in [0.717, 1.165) is 28.8 Å². The zero-order valence-electron chi connectivity index (χ0n) is 18.2. The second kappa shape index (κ2) is 9.35. The first-order valence-electron chi connectivity index (χ1n) is 10.4. The molecule has 1 amide bonds. The standard InChI is InChI=1S/C23H24N4O4S/c1-4-31-20-14-16(10-11-19(20)30-3)17-8-7-12-26(25-17)23(28)21-15(2)24-22(32-21)18-9-5-6-13-27(18)29/h5-6,9-11,13-14H,4,7-8,12H2,1-3H3. The molecule has 1 aliphatic rings. The van der Waals surface area contributed by atoms with Crippen LogP contribution in [0.3, 0.4) is 0 Å². The number of carbonyl (C=O) groups is 1. The summed E-state index contributed by atoms with van der Waals surface area (Å²) in [4.78, 5) is 18.2. The Kier molecular flexibility index (Phi) is 6.36. The van der Waals surface area contributed by atoms with Crippen LogP contribution in [0.25, 0.3) is 10.7 Å². The Hall–Kier alpha value is -3.46. The molecular weight excluding hydrogens is 428 g/mol. The largest absolute Gasteiger partial charge is 0.618 e. The van der Waals surface area contributed by atoms with E-state index in [-0.39, 0.29) is 5.91 Å². The van der Waals surface area contributed by atoms with E-state index in [9.17, 15) is 10.0 Å². The first kappa shape index (κ1) is 21.8. The topological polar surface area (TPSA) is 91.0 Å². The van der Waals surface area contributed by atoms with Crippen molar-refractivity contribution in [2.75, 3.05) is 20.3 Å². The molecule has 2 aromatic heterocycles. The van der Waals surface area contributed by atoms with Crippen molar-refractivity contribution < 1.29 is 19.0 Å². The molecule has 9 heteroatoms. The number of hydrogen-bond acceptors (Lipinski definition) is 7. The van der Waals surface area contributed by atoms with Gasteiger partial charge in [-0.1, -0.05) is 0 Å². The molecule has 0 fully saturated rings. The lowest BCUT2D eigenvalue weighted by atomic mass is 10.0. The van der Waals surface area contributed by atoms with Crippen molar-refractivity contribution in [3.63, 3.8) is 0 Å². The number of pyridine rings is 1. The number of ether oxygens (including phenoxy) is 2. The minimum absolute atomic E-state index is 0.213. The normalized spacial score (nSPS) is 13.6. The molecule has 0 atom stereocenters. The average molecular weight is 453 g/mol. The smallest absolute Gasteiger partial charge is 0.285 e. The van der Waals surface area contributed by atoms with E-state index in [2.05, 4.69) is 10.1 Å². The van der Waals surface area contributed by atoms with E-state index in [0.29, 0.717) is 45.9 Å². The number of hydrogen-bond donors (Lipinski definition) is 0. The molecule has 8 nitrogen and oxygen atoms in total. The maximum absolute atomic E-state index is 13.3. The maximum Gasteiger partial charge on any atom is 0.285 e. The number of thiazole rings is 1. The quantitative estimate of drug-likeness (QED) is 0.419. The van der Waals surface area contributed by atoms with Gasteiger partial charge in [0, 0.05) is 24.2 Å². The fraction of sp³-hybridized carbons (Fsp3) is 0.304. The lowest BCUT2D eigenvalue weighted by molar-refractivity contribution is -0.593. The van der Waals surface area contributed by atoms with Gasteiger partial charge in [0.25, 0.3) is 11.6 Å². The van der Waals surface area contributed by atoms with Crippen LogP contribution in [-0.2, 0) is 0 Å². The summed E-state index contributed by atoms with van der Waals surface area (Å²) >= 11 is 1.21. The second-order valence-electron chi connectivity index (χ2n) is 7.22. The number of benzene rings is 1. The van der Waals surface area contributed by atoms with Crippen LogP contribution in [-0.4, -0.2) is 41.9 Å². The van der Waals surface area contributed by atoms with Crippen molar-refractivity contribution in [2.45, 2.75) is 26.7 Å². The predicted molar refractivity (Wildman–Crippen MR) is 122 cm³/mol. The fourth-order valence-electron chi connectivity index (χ4n) is 3.53. The second-order valence-corrected chi connectivity index (χ2v) is 8.22. The van der Waals surface area contributed by atoms with Crippen LogP contribution in [0.1, 0.15) is 40.7 Å². The van der Waals surface area contributed by atoms with Crippen LogP contribution in [0.2, 0.25) is 0 Å². The van der Waals surface area contributed by atoms with Crippen molar-refractivity contribution in [3.05, 3.63) is 63.9 Å². The molecule has 0 radical (unpaired) electrons. The highest BCUT2D eigenvalue weighted by molar-refractivity contribution is 7.17. The zero-order chi connectivity index (χ0) is 22.7. The third kappa shape index (κ3) is 4.29. The summed E-state index contributed by atoms with van der Waals surface area (Å²) in [6, 6.07) is 10.8. The van der Waals surface area contributed by atoms with Gasteiger partial charge in [0.15, 0.2) is 22.7 Å². The lowest BCUT2D eigenvalue weighted by Crippen LogP contribution is -2.32. The highest BCUT2D eigenvalue weighted by Gasteiger charge is 2.26. The van der Waals surface area contributed by atoms with Crippen molar-refractivity contribution >= 4 is 23.0 Å². The van der Waals surface area contributed by atoms with Crippen molar-refractivity contribution in [2.24, 2.45) is 5.10 Å². The SMILES string of the molecule is CCOc1cc(C2=NN(C(=O)c3sc(-c4cccc[n+]4[O-])nc3C)CCC2)ccc1OC. The van der Waals surface area contributed by atoms with E-state index < -0.39 is 0 Å². The molecule has 0 aliphatic carbocycles. The molecule has 0 saturated carbocycles. The molecule has 0 spiro atoms. The number of rotatable bonds is 6. The number of nitrogens with zero attached hydrogens (tertiary/aromatic N) is 4. The molecule has 32 heavy (non-hydrogen) atoms. The highest BCUT2D eigenvalue weighted by atomic mass is 32.1. The molecule has 3 aromatic rings. The number of methoxy groups -OCH3 is 1. The van der Waals surface area contributed by atoms with Gasteiger partial charge in [0.05, 0.1) is 25.1 Å². The fourth-order valence-corrected chi connectivity index (χ4v) is 4.56. The molecule has 0 N–H and O–H groups in total. The van der Waals surface area contributed by atoms with Gasteiger partial charge in [-0.2, -0.15) is 9.83 Å². The Morgan fingerprint density at radius 1 is 1.28 bits per heavy atom. The van der Waals surface area contributed by atoms with Gasteiger partial charge < -0.3 is 14.7 Å². The third-order valence-corrected chi connectivity index (χ3v) is 6.26. The van der Waals surface area contributed by atoms with Crippen molar-refractivity contribution in [3.8, 4) is 22.2 Å². The minimum atomic E-state index is -0.213. The summed E-state index contributed by atoms with van der Waals surface area (Å²) in [7, 11) is 1.60. The summed E-state index contributed by atoms with van der Waals surface area (Å²) in [6.45, 7) is 4.74. The van der Waals surface area contributed by atoms with Crippen LogP contribution in [0, 0.1) is 12.1 Å². The van der Waals surface area contributed by atoms with Gasteiger partial charge >= 0.3 is 0 Å². The number of amides is 1. The Bertz CT molecular complexity index is 1170. The molecule has 3 heterocycles. The van der Waals surface area contributed by atoms with E-state index in [1.807, 2.05) is 25.1 Å². The lowest BCUT2D eigenvalue weighted by Gasteiger charge is -2.23. The number of aryl methyl sites for hydroxylation is 1. The Balaban J connectivity index is 1.62. The Labute approximate surface area is 190 Å². The average Bonchev–Trinajstić information content (AvgIpc) is 3.20. The first-order chi connectivity index (χ1) is 15.5. The molecule has 4 rings (SSSR count). The highest BCUT2D eigenvalue weighted by Crippen LogP contribution is 2.31. The van der Waals surface area contributed by atoms with Crippen LogP contribution in [0.4, 0.5) is 0 Å². The summed E-state index contributed by atoms with van der Waals surface area (Å²) < 4.78 is 11.8. The summed E-state index contributed by atoms with van der Waals surface area (Å²) in [6.07, 6.45) is 2.97. The van der Waals surface area contributed by atoms with Gasteiger partial charge in [-0.25, -0.2) is 9.99 Å². The summed E-state index contributed by atoms with van der Waals surface area (Å²) in [5, 5.41) is 18.7. The van der Waals surface area contributed by atoms with Gasteiger partial charge in [0.2, 0.25) is 0 Å². The first-order valence-corrected chi connectivity index (χ1v) is 11.2. The molecular formula is C23H24N4O4S. The molecule has 0 unspecified atom stereocenters. The van der Waals surface area contributed by atoms with Crippen molar-refractivity contribution in [1.82, 2.24) is 9.99 Å². The van der Waals surface area contributed by atoms with Crippen molar-refractivity contribution in [1.29, 1.82) is 0 Å². The number of hydrazone groups is 1. The molecule has 0 saturated heterocycles. The predicted octanol–water partition coefficient (Wildman–Crippen LogP) is 3.80. The van der Waals surface area contributed by atoms with Gasteiger partial charge in [-0.15, -0.1) is 11.3 Å². The van der Waals surface area contributed by atoms with E-state index >= 15 is 0 Å². The van der Waals surface area contributed by atoms with Gasteiger partial charge in [0.1, 0.15) is 4.88 Å².